The molecule has 5 heteroatoms. The van der Waals surface area contributed by atoms with Gasteiger partial charge in [-0.25, -0.2) is 0 Å². The molecule has 0 saturated heterocycles. The molecule has 100 valence electrons. The number of aryl methyl sites for hydroxylation is 1. The summed E-state index contributed by atoms with van der Waals surface area (Å²) in [7, 11) is 3.53. The van der Waals surface area contributed by atoms with Gasteiger partial charge in [-0.2, -0.15) is 0 Å². The van der Waals surface area contributed by atoms with Crippen LogP contribution >= 0.6 is 15.9 Å². The van der Waals surface area contributed by atoms with Crippen LogP contribution in [-0.4, -0.2) is 17.6 Å². The number of aromatic nitrogens is 1. The van der Waals surface area contributed by atoms with Gasteiger partial charge < -0.3 is 14.6 Å². The zero-order valence-corrected chi connectivity index (χ0v) is 12.4. The Kier molecular flexibility index (Phi) is 4.27. The summed E-state index contributed by atoms with van der Waals surface area (Å²) in [6.45, 7) is 0.503. The van der Waals surface area contributed by atoms with E-state index in [1.54, 1.807) is 25.3 Å². The van der Waals surface area contributed by atoms with Crippen molar-refractivity contribution >= 4 is 21.8 Å². The number of hydrogen-bond acceptors (Lipinski definition) is 2. The third kappa shape index (κ3) is 3.38. The van der Waals surface area contributed by atoms with E-state index in [1.165, 1.54) is 0 Å². The van der Waals surface area contributed by atoms with Crippen molar-refractivity contribution in [2.45, 2.75) is 6.54 Å². The molecule has 19 heavy (non-hydrogen) atoms. The molecule has 4 nitrogen and oxygen atoms in total. The fraction of sp³-hybridized carbons (Fsp3) is 0.214. The van der Waals surface area contributed by atoms with E-state index in [2.05, 4.69) is 21.2 Å². The standard InChI is InChI=1S/C14H15BrN2O2/c1-17-6-5-10(9-17)8-16-14(18)12-7-11(19-2)3-4-13(12)15/h3-7,9H,8H2,1-2H3,(H,16,18). The van der Waals surface area contributed by atoms with E-state index < -0.39 is 0 Å². The Morgan fingerprint density at radius 3 is 2.84 bits per heavy atom. The number of hydrogen-bond donors (Lipinski definition) is 1. The molecule has 1 aromatic heterocycles. The van der Waals surface area contributed by atoms with Crippen molar-refractivity contribution in [1.82, 2.24) is 9.88 Å². The average Bonchev–Trinajstić information content (AvgIpc) is 2.82. The quantitative estimate of drug-likeness (QED) is 0.940. The molecular formula is C14H15BrN2O2. The first-order valence-corrected chi connectivity index (χ1v) is 6.62. The Labute approximate surface area is 120 Å². The third-order valence-corrected chi connectivity index (χ3v) is 3.46. The molecule has 0 saturated carbocycles. The summed E-state index contributed by atoms with van der Waals surface area (Å²) in [5, 5.41) is 2.88. The predicted molar refractivity (Wildman–Crippen MR) is 77.3 cm³/mol. The van der Waals surface area contributed by atoms with Gasteiger partial charge in [-0.3, -0.25) is 4.79 Å². The van der Waals surface area contributed by atoms with Crippen molar-refractivity contribution < 1.29 is 9.53 Å². The minimum Gasteiger partial charge on any atom is -0.497 e. The van der Waals surface area contributed by atoms with Crippen LogP contribution in [0.3, 0.4) is 0 Å². The first-order valence-electron chi connectivity index (χ1n) is 5.82. The summed E-state index contributed by atoms with van der Waals surface area (Å²) >= 11 is 3.37. The molecule has 0 aliphatic carbocycles. The van der Waals surface area contributed by atoms with E-state index in [0.29, 0.717) is 17.9 Å². The van der Waals surface area contributed by atoms with E-state index in [0.717, 1.165) is 10.0 Å². The molecule has 0 aliphatic rings. The molecule has 2 aromatic rings. The topological polar surface area (TPSA) is 43.3 Å². The lowest BCUT2D eigenvalue weighted by Gasteiger charge is -2.08. The average molecular weight is 323 g/mol. The molecule has 1 aromatic carbocycles. The largest absolute Gasteiger partial charge is 0.497 e. The Hall–Kier alpha value is -1.75. The van der Waals surface area contributed by atoms with Crippen molar-refractivity contribution in [1.29, 1.82) is 0 Å². The van der Waals surface area contributed by atoms with Gasteiger partial charge in [-0.05, 0) is 45.8 Å². The maximum absolute atomic E-state index is 12.1. The highest BCUT2D eigenvalue weighted by molar-refractivity contribution is 9.10. The van der Waals surface area contributed by atoms with Crippen molar-refractivity contribution in [3.8, 4) is 5.75 Å². The van der Waals surface area contributed by atoms with Crippen LogP contribution < -0.4 is 10.1 Å². The van der Waals surface area contributed by atoms with Crippen LogP contribution in [0, 0.1) is 0 Å². The number of nitrogens with one attached hydrogen (secondary N) is 1. The van der Waals surface area contributed by atoms with Crippen molar-refractivity contribution in [3.05, 3.63) is 52.3 Å². The summed E-state index contributed by atoms with van der Waals surface area (Å²) in [4.78, 5) is 12.1. The van der Waals surface area contributed by atoms with Gasteiger partial charge in [0.25, 0.3) is 5.91 Å². The SMILES string of the molecule is COc1ccc(Br)c(C(=O)NCc2ccn(C)c2)c1. The molecule has 0 fully saturated rings. The second-order valence-corrected chi connectivity index (χ2v) is 5.07. The summed E-state index contributed by atoms with van der Waals surface area (Å²) in [5.74, 6) is 0.530. The van der Waals surface area contributed by atoms with Gasteiger partial charge in [-0.15, -0.1) is 0 Å². The molecule has 0 unspecified atom stereocenters. The van der Waals surface area contributed by atoms with Crippen molar-refractivity contribution in [3.63, 3.8) is 0 Å². The van der Waals surface area contributed by atoms with E-state index in [-0.39, 0.29) is 5.91 Å². The zero-order valence-electron chi connectivity index (χ0n) is 10.8. The van der Waals surface area contributed by atoms with Crippen LogP contribution in [0.2, 0.25) is 0 Å². The summed E-state index contributed by atoms with van der Waals surface area (Å²) in [5.41, 5.74) is 1.63. The molecule has 0 radical (unpaired) electrons. The Morgan fingerprint density at radius 1 is 1.42 bits per heavy atom. The van der Waals surface area contributed by atoms with Crippen LogP contribution in [0.25, 0.3) is 0 Å². The summed E-state index contributed by atoms with van der Waals surface area (Å²) in [6, 6.07) is 7.29. The van der Waals surface area contributed by atoms with Gasteiger partial charge in [0.05, 0.1) is 12.7 Å². The lowest BCUT2D eigenvalue weighted by atomic mass is 10.2. The Bertz CT molecular complexity index is 593. The van der Waals surface area contributed by atoms with Crippen molar-refractivity contribution in [2.24, 2.45) is 7.05 Å². The number of methoxy groups -OCH3 is 1. The van der Waals surface area contributed by atoms with Gasteiger partial charge in [0, 0.05) is 30.5 Å². The highest BCUT2D eigenvalue weighted by atomic mass is 79.9. The molecule has 0 aliphatic heterocycles. The van der Waals surface area contributed by atoms with Gasteiger partial charge >= 0.3 is 0 Å². The highest BCUT2D eigenvalue weighted by Crippen LogP contribution is 2.22. The lowest BCUT2D eigenvalue weighted by Crippen LogP contribution is -2.23. The smallest absolute Gasteiger partial charge is 0.252 e. The molecule has 2 rings (SSSR count). The van der Waals surface area contributed by atoms with Gasteiger partial charge in [0.2, 0.25) is 0 Å². The van der Waals surface area contributed by atoms with Gasteiger partial charge in [0.1, 0.15) is 5.75 Å². The molecule has 1 heterocycles. The van der Waals surface area contributed by atoms with Crippen LogP contribution in [0.1, 0.15) is 15.9 Å². The number of amides is 1. The Balaban J connectivity index is 2.07. The van der Waals surface area contributed by atoms with E-state index in [9.17, 15) is 4.79 Å². The number of carbonyl (C=O) groups is 1. The summed E-state index contributed by atoms with van der Waals surface area (Å²) < 4.78 is 7.82. The van der Waals surface area contributed by atoms with Gasteiger partial charge in [0.15, 0.2) is 0 Å². The minimum absolute atomic E-state index is 0.130. The molecule has 0 spiro atoms. The van der Waals surface area contributed by atoms with Crippen LogP contribution in [0.5, 0.6) is 5.75 Å². The lowest BCUT2D eigenvalue weighted by molar-refractivity contribution is 0.0950. The number of rotatable bonds is 4. The van der Waals surface area contributed by atoms with E-state index >= 15 is 0 Å². The first-order chi connectivity index (χ1) is 9.10. The second kappa shape index (κ2) is 5.93. The number of carbonyl (C=O) groups excluding carboxylic acids is 1. The van der Waals surface area contributed by atoms with Crippen LogP contribution in [0.15, 0.2) is 41.1 Å². The van der Waals surface area contributed by atoms with Crippen molar-refractivity contribution in [2.75, 3.05) is 7.11 Å². The maximum Gasteiger partial charge on any atom is 0.252 e. The fourth-order valence-electron chi connectivity index (χ4n) is 1.75. The second-order valence-electron chi connectivity index (χ2n) is 4.21. The zero-order chi connectivity index (χ0) is 13.8. The van der Waals surface area contributed by atoms with Crippen LogP contribution in [0.4, 0.5) is 0 Å². The Morgan fingerprint density at radius 2 is 2.21 bits per heavy atom. The molecule has 0 bridgehead atoms. The predicted octanol–water partition coefficient (Wildman–Crippen LogP) is 2.73. The van der Waals surface area contributed by atoms with E-state index in [1.807, 2.05) is 30.1 Å². The third-order valence-electron chi connectivity index (χ3n) is 2.76. The first kappa shape index (κ1) is 13.7. The maximum atomic E-state index is 12.1. The summed E-state index contributed by atoms with van der Waals surface area (Å²) in [6.07, 6.45) is 3.92. The minimum atomic E-state index is -0.130. The number of ether oxygens (including phenoxy) is 1. The number of halogens is 1. The number of nitrogens with zero attached hydrogens (tertiary/aromatic N) is 1. The number of benzene rings is 1. The fourth-order valence-corrected chi connectivity index (χ4v) is 2.18. The molecule has 0 atom stereocenters. The van der Waals surface area contributed by atoms with E-state index in [4.69, 9.17) is 4.74 Å². The monoisotopic (exact) mass is 322 g/mol. The normalized spacial score (nSPS) is 10.3. The molecule has 1 amide bonds. The van der Waals surface area contributed by atoms with Gasteiger partial charge in [-0.1, -0.05) is 0 Å². The molecular weight excluding hydrogens is 308 g/mol. The van der Waals surface area contributed by atoms with Crippen LogP contribution in [-0.2, 0) is 13.6 Å². The molecule has 1 N–H and O–H groups in total. The highest BCUT2D eigenvalue weighted by Gasteiger charge is 2.11.